The maximum atomic E-state index is 9.75. The summed E-state index contributed by atoms with van der Waals surface area (Å²) in [6, 6.07) is 89.2. The van der Waals surface area contributed by atoms with Crippen LogP contribution in [0.25, 0.3) is 88.4 Å². The van der Waals surface area contributed by atoms with E-state index >= 15 is 0 Å². The fourth-order valence-electron chi connectivity index (χ4n) is 17.4. The van der Waals surface area contributed by atoms with Crippen molar-refractivity contribution in [3.8, 4) is 56.3 Å². The molecule has 0 bridgehead atoms. The van der Waals surface area contributed by atoms with Crippen molar-refractivity contribution in [2.75, 3.05) is 4.90 Å². The number of benzene rings is 13. The molecular formula is C99H90BN3O. The number of rotatable bonds is 6. The van der Waals surface area contributed by atoms with Crippen molar-refractivity contribution in [3.05, 3.63) is 323 Å². The van der Waals surface area contributed by atoms with E-state index in [9.17, 15) is 5.48 Å². The predicted octanol–water partition coefficient (Wildman–Crippen LogP) is 24.5. The average Bonchev–Trinajstić information content (AvgIpc) is 0.707. The molecule has 0 aliphatic carbocycles. The molecule has 5 heterocycles. The van der Waals surface area contributed by atoms with Crippen molar-refractivity contribution in [1.82, 2.24) is 9.13 Å². The molecule has 4 nitrogen and oxygen atoms in total. The molecule has 3 aliphatic rings. The zero-order valence-electron chi connectivity index (χ0n) is 67.4. The molecule has 0 saturated heterocycles. The van der Waals surface area contributed by atoms with Gasteiger partial charge in [0, 0.05) is 66.5 Å². The molecule has 0 atom stereocenters. The van der Waals surface area contributed by atoms with E-state index in [-0.39, 0.29) is 56.8 Å². The van der Waals surface area contributed by atoms with Gasteiger partial charge in [-0.15, -0.1) is 0 Å². The smallest absolute Gasteiger partial charge is 0.247 e. The Morgan fingerprint density at radius 3 is 1.21 bits per heavy atom. The highest BCUT2D eigenvalue weighted by Crippen LogP contribution is 2.60. The van der Waals surface area contributed by atoms with Crippen molar-refractivity contribution in [2.45, 2.75) is 136 Å². The van der Waals surface area contributed by atoms with Gasteiger partial charge in [-0.1, -0.05) is 279 Å². The van der Waals surface area contributed by atoms with Crippen LogP contribution in [0.4, 0.5) is 17.1 Å². The van der Waals surface area contributed by atoms with Crippen molar-refractivity contribution in [3.63, 3.8) is 0 Å². The Morgan fingerprint density at radius 1 is 0.327 bits per heavy atom. The Bertz CT molecular complexity index is 6090. The summed E-state index contributed by atoms with van der Waals surface area (Å²) >= 11 is 0. The van der Waals surface area contributed by atoms with Gasteiger partial charge in [0.15, 0.2) is 0 Å². The third kappa shape index (κ3) is 10.1. The van der Waals surface area contributed by atoms with Crippen LogP contribution in [0.2, 0.25) is 0 Å². The Balaban J connectivity index is 1.07. The topological polar surface area (TPSA) is 22.3 Å². The van der Waals surface area contributed by atoms with Crippen molar-refractivity contribution < 1.29 is 11.6 Å². The second kappa shape index (κ2) is 23.1. The van der Waals surface area contributed by atoms with Crippen LogP contribution in [-0.4, -0.2) is 15.8 Å². The molecule has 3 aliphatic heterocycles. The Hall–Kier alpha value is -10.9. The number of nitrogens with zero attached hydrogens (tertiary/aromatic N) is 3. The first-order valence-electron chi connectivity index (χ1n) is 39.5. The highest BCUT2D eigenvalue weighted by atomic mass is 16.5. The fraction of sp³-hybridized carbons (Fsp3) is 0.212. The minimum absolute atomic E-state index is 0.106. The van der Waals surface area contributed by atoms with Gasteiger partial charge in [0.05, 0.1) is 40.0 Å². The van der Waals surface area contributed by atoms with Crippen molar-refractivity contribution in [1.29, 1.82) is 0 Å². The summed E-state index contributed by atoms with van der Waals surface area (Å²) in [6.07, 6.45) is 0. The summed E-state index contributed by atoms with van der Waals surface area (Å²) in [5.74, 6) is 1.54. The third-order valence-electron chi connectivity index (χ3n) is 22.9. The van der Waals surface area contributed by atoms with Gasteiger partial charge in [0.1, 0.15) is 11.5 Å². The Morgan fingerprint density at radius 2 is 0.750 bits per heavy atom. The molecule has 104 heavy (non-hydrogen) atoms. The number of ether oxygens (including phenoxy) is 1. The number of aromatic nitrogens is 2. The van der Waals surface area contributed by atoms with Crippen LogP contribution in [0.3, 0.4) is 0 Å². The first kappa shape index (κ1) is 59.6. The van der Waals surface area contributed by atoms with Crippen molar-refractivity contribution in [2.24, 2.45) is 0 Å². The lowest BCUT2D eigenvalue weighted by atomic mass is 9.29. The van der Waals surface area contributed by atoms with E-state index in [1.165, 1.54) is 43.8 Å². The number of hydrogen-bond acceptors (Lipinski definition) is 2. The minimum atomic E-state index is -1.10. The molecule has 15 aromatic rings. The summed E-state index contributed by atoms with van der Waals surface area (Å²) in [4.78, 5) is 2.52. The van der Waals surface area contributed by atoms with Crippen LogP contribution in [0.5, 0.6) is 11.5 Å². The van der Waals surface area contributed by atoms with E-state index in [1.54, 1.807) is 0 Å². The summed E-state index contributed by atoms with van der Waals surface area (Å²) in [7, 11) is 0. The van der Waals surface area contributed by atoms with Gasteiger partial charge in [-0.3, -0.25) is 0 Å². The maximum Gasteiger partial charge on any atom is 0.247 e. The first-order valence-corrected chi connectivity index (χ1v) is 37.0. The molecule has 5 heteroatoms. The summed E-state index contributed by atoms with van der Waals surface area (Å²) in [5, 5.41) is 4.74. The molecule has 1 spiro atoms. The summed E-state index contributed by atoms with van der Waals surface area (Å²) in [5.41, 5.74) is 25.5. The van der Waals surface area contributed by atoms with Crippen LogP contribution in [-0.2, 0) is 32.5 Å². The molecule has 0 unspecified atom stereocenters. The lowest BCUT2D eigenvalue weighted by molar-refractivity contribution is 0.435. The van der Waals surface area contributed by atoms with Crippen molar-refractivity contribution >= 4 is 83.8 Å². The second-order valence-corrected chi connectivity index (χ2v) is 34.6. The van der Waals surface area contributed by atoms with Gasteiger partial charge < -0.3 is 18.8 Å². The summed E-state index contributed by atoms with van der Waals surface area (Å²) in [6.45, 7) is 34.0. The molecule has 2 aromatic heterocycles. The summed E-state index contributed by atoms with van der Waals surface area (Å²) < 4.78 is 59.2. The van der Waals surface area contributed by atoms with E-state index in [0.717, 1.165) is 128 Å². The van der Waals surface area contributed by atoms with E-state index in [4.69, 9.17) is 6.11 Å². The molecule has 0 fully saturated rings. The highest BCUT2D eigenvalue weighted by molar-refractivity contribution is 6.99. The lowest BCUT2D eigenvalue weighted by Gasteiger charge is -2.50. The first-order chi connectivity index (χ1) is 51.8. The van der Waals surface area contributed by atoms with Gasteiger partial charge >= 0.3 is 0 Å². The van der Waals surface area contributed by atoms with E-state index in [2.05, 4.69) is 354 Å². The van der Waals surface area contributed by atoms with Gasteiger partial charge in [-0.05, 0) is 202 Å². The number of fused-ring (bicyclic) bond motifs is 16. The van der Waals surface area contributed by atoms with E-state index in [1.807, 2.05) is 6.07 Å². The predicted molar refractivity (Wildman–Crippen MR) is 443 cm³/mol. The molecule has 0 radical (unpaired) electrons. The zero-order chi connectivity index (χ0) is 76.2. The monoisotopic (exact) mass is 1350 g/mol. The van der Waals surface area contributed by atoms with Gasteiger partial charge in [0.25, 0.3) is 0 Å². The molecule has 13 aromatic carbocycles. The van der Waals surface area contributed by atoms with Crippen LogP contribution in [0, 0.1) is 0 Å². The number of anilines is 3. The van der Waals surface area contributed by atoms with E-state index in [0.29, 0.717) is 5.56 Å². The lowest BCUT2D eigenvalue weighted by Crippen LogP contribution is -2.65. The normalized spacial score (nSPS) is 14.7. The molecule has 18 rings (SSSR count). The minimum Gasteiger partial charge on any atom is -0.457 e. The molecule has 0 saturated carbocycles. The van der Waals surface area contributed by atoms with Crippen LogP contribution < -0.4 is 26.0 Å². The molecule has 0 amide bonds. The molecule has 0 N–H and O–H groups in total. The van der Waals surface area contributed by atoms with Gasteiger partial charge in [-0.25, -0.2) is 0 Å². The number of hydrogen-bond donors (Lipinski definition) is 0. The van der Waals surface area contributed by atoms with Gasteiger partial charge in [0.2, 0.25) is 6.71 Å². The molecular weight excluding hydrogens is 1260 g/mol. The SMILES string of the molecule is [2H]c1c([2H])c([2H])c(-c2ccc3c(c2)N(c2c(-c4ccccc4)cc(C(C)(C)C)cc2-c2ccccc2)c2cc(-n4c5ccc(C(C)(C)C)cc5c5cc(C(C)(C)C)ccc54)cc4c2B3c2ccc(-n3c5ccc(C(C)(C)C)cc5c5cc(C(C)(C)C)ccc53)cc2C42c3ccccc3Oc3ccccc32)c([2H])c1[2H]. The fourth-order valence-corrected chi connectivity index (χ4v) is 17.4. The zero-order valence-corrected chi connectivity index (χ0v) is 62.4. The highest BCUT2D eigenvalue weighted by Gasteiger charge is 2.55. The van der Waals surface area contributed by atoms with E-state index < -0.39 is 18.2 Å². The van der Waals surface area contributed by atoms with Crippen LogP contribution in [0.15, 0.2) is 273 Å². The quantitative estimate of drug-likeness (QED) is 0.155. The third-order valence-corrected chi connectivity index (χ3v) is 22.9. The largest absolute Gasteiger partial charge is 0.457 e. The maximum absolute atomic E-state index is 9.75. The number of para-hydroxylation sites is 2. The van der Waals surface area contributed by atoms with Crippen LogP contribution in [0.1, 0.15) is 161 Å². The molecule has 510 valence electrons. The average molecular weight is 1350 g/mol. The Labute approximate surface area is 621 Å². The van der Waals surface area contributed by atoms with Crippen LogP contribution >= 0.6 is 0 Å². The standard InChI is InChI=1S/C99H90BN3O/c1-94(2,3)65-40-47-84-74(52-65)75-53-66(95(4,5)6)41-48-85(75)101(84)70-44-46-82-80(58-70)99(78-35-25-27-37-90(78)104-91-38-28-26-36-79(91)99)81-59-71(102-86-49-42-67(96(7,8)9)54-76(86)77-55-68(97(10,11)12)43-50-87(77)102)60-89-92(81)100(82)83-45-39-64(61-29-19-16-20-30-61)51-88(83)103(89)93-72(62-31-21-17-22-32-62)56-69(98(13,14)15)57-73(93)63-33-23-18-24-34-63/h16-60H,1-15H3/i16D,19D,20D,29D,30D. The second-order valence-electron chi connectivity index (χ2n) is 34.6. The Kier molecular flexibility index (Phi) is 13.2. The van der Waals surface area contributed by atoms with Gasteiger partial charge in [-0.2, -0.15) is 0 Å².